The van der Waals surface area contributed by atoms with Gasteiger partial charge in [0.15, 0.2) is 0 Å². The maximum Gasteiger partial charge on any atom is 0.265 e. The number of aromatic nitrogens is 1. The number of amides is 1. The molecule has 1 aliphatic carbocycles. The van der Waals surface area contributed by atoms with Crippen molar-refractivity contribution in [3.8, 4) is 6.07 Å². The predicted octanol–water partition coefficient (Wildman–Crippen LogP) is 3.95. The lowest BCUT2D eigenvalue weighted by Crippen LogP contribution is -2.10. The number of carbonyl (C=O) groups is 1. The fraction of sp³-hybridized carbons (Fsp3) is 0.238. The zero-order valence-electron chi connectivity index (χ0n) is 14.5. The Bertz CT molecular complexity index is 943. The Hall–Kier alpha value is -3.06. The summed E-state index contributed by atoms with van der Waals surface area (Å²) in [5, 5.41) is 9.75. The molecule has 3 N–H and O–H groups in total. The first-order chi connectivity index (χ1) is 11.9. The second kappa shape index (κ2) is 6.45. The summed E-state index contributed by atoms with van der Waals surface area (Å²) < 4.78 is 0. The standard InChI is InChI=1S/C12H13N.C9H8N2O/c1-12(2)6-10-4-3-9(8-13)5-11(10)7-12;10-9(12)8-5-6-3-1-2-4-7(6)11-8/h3-5H,6-7H2,1-2H3;1-5,11H,(H2,10,12). The van der Waals surface area contributed by atoms with Gasteiger partial charge in [0, 0.05) is 10.9 Å². The molecule has 4 nitrogen and oxygen atoms in total. The summed E-state index contributed by atoms with van der Waals surface area (Å²) >= 11 is 0. The topological polar surface area (TPSA) is 82.7 Å². The van der Waals surface area contributed by atoms with Crippen LogP contribution in [0, 0.1) is 16.7 Å². The van der Waals surface area contributed by atoms with E-state index in [-0.39, 0.29) is 0 Å². The first-order valence-corrected chi connectivity index (χ1v) is 8.27. The fourth-order valence-electron chi connectivity index (χ4n) is 3.33. The summed E-state index contributed by atoms with van der Waals surface area (Å²) in [7, 11) is 0. The van der Waals surface area contributed by atoms with E-state index in [1.54, 1.807) is 6.07 Å². The van der Waals surface area contributed by atoms with Gasteiger partial charge in [0.1, 0.15) is 5.69 Å². The minimum absolute atomic E-state index is 0.385. The average Bonchev–Trinajstić information content (AvgIpc) is 3.13. The number of H-pyrrole nitrogens is 1. The van der Waals surface area contributed by atoms with E-state index >= 15 is 0 Å². The number of rotatable bonds is 1. The van der Waals surface area contributed by atoms with Crippen LogP contribution in [0.15, 0.2) is 48.5 Å². The van der Waals surface area contributed by atoms with Crippen LogP contribution in [-0.2, 0) is 12.8 Å². The van der Waals surface area contributed by atoms with Gasteiger partial charge >= 0.3 is 0 Å². The number of aromatic amines is 1. The third-order valence-electron chi connectivity index (χ3n) is 4.47. The van der Waals surface area contributed by atoms with Gasteiger partial charge in [-0.2, -0.15) is 5.26 Å². The summed E-state index contributed by atoms with van der Waals surface area (Å²) in [5.41, 5.74) is 10.5. The van der Waals surface area contributed by atoms with Crippen LogP contribution in [-0.4, -0.2) is 10.9 Å². The first-order valence-electron chi connectivity index (χ1n) is 8.27. The number of nitrogens with zero attached hydrogens (tertiary/aromatic N) is 1. The highest BCUT2D eigenvalue weighted by Gasteiger charge is 2.27. The highest BCUT2D eigenvalue weighted by molar-refractivity contribution is 5.96. The molecular formula is C21H21N3O. The summed E-state index contributed by atoms with van der Waals surface area (Å²) in [6.07, 6.45) is 2.26. The lowest BCUT2D eigenvalue weighted by atomic mass is 9.90. The smallest absolute Gasteiger partial charge is 0.265 e. The number of primary amides is 1. The summed E-state index contributed by atoms with van der Waals surface area (Å²) in [4.78, 5) is 13.7. The van der Waals surface area contributed by atoms with E-state index in [0.717, 1.165) is 29.3 Å². The van der Waals surface area contributed by atoms with E-state index < -0.39 is 5.91 Å². The number of fused-ring (bicyclic) bond motifs is 2. The normalized spacial score (nSPS) is 14.3. The largest absolute Gasteiger partial charge is 0.364 e. The minimum Gasteiger partial charge on any atom is -0.364 e. The molecule has 1 aliphatic rings. The molecule has 0 fully saturated rings. The van der Waals surface area contributed by atoms with Crippen LogP contribution in [0.4, 0.5) is 0 Å². The Morgan fingerprint density at radius 1 is 1.12 bits per heavy atom. The van der Waals surface area contributed by atoms with E-state index in [2.05, 4.69) is 31.0 Å². The van der Waals surface area contributed by atoms with Gasteiger partial charge in [-0.25, -0.2) is 0 Å². The van der Waals surface area contributed by atoms with Gasteiger partial charge in [-0.3, -0.25) is 4.79 Å². The molecule has 1 amide bonds. The number of nitriles is 1. The Morgan fingerprint density at radius 3 is 2.52 bits per heavy atom. The number of hydrogen-bond donors (Lipinski definition) is 2. The zero-order chi connectivity index (χ0) is 18.0. The lowest BCUT2D eigenvalue weighted by molar-refractivity contribution is 0.0996. The first kappa shape index (κ1) is 16.8. The molecule has 0 spiro atoms. The van der Waals surface area contributed by atoms with Gasteiger partial charge in [-0.05, 0) is 53.6 Å². The van der Waals surface area contributed by atoms with Gasteiger partial charge in [0.25, 0.3) is 5.91 Å². The van der Waals surface area contributed by atoms with Gasteiger partial charge in [0.05, 0.1) is 11.6 Å². The predicted molar refractivity (Wildman–Crippen MR) is 99.2 cm³/mol. The molecule has 4 heteroatoms. The molecule has 126 valence electrons. The number of hydrogen-bond acceptors (Lipinski definition) is 2. The van der Waals surface area contributed by atoms with Crippen molar-refractivity contribution in [3.63, 3.8) is 0 Å². The van der Waals surface area contributed by atoms with Crippen LogP contribution in [0.1, 0.15) is 41.0 Å². The van der Waals surface area contributed by atoms with E-state index in [1.807, 2.05) is 36.4 Å². The van der Waals surface area contributed by atoms with Gasteiger partial charge in [-0.1, -0.05) is 38.1 Å². The second-order valence-electron chi connectivity index (χ2n) is 7.25. The molecule has 4 rings (SSSR count). The lowest BCUT2D eigenvalue weighted by Gasteiger charge is -2.14. The van der Waals surface area contributed by atoms with Crippen LogP contribution in [0.2, 0.25) is 0 Å². The molecule has 1 aromatic heterocycles. The van der Waals surface area contributed by atoms with Crippen LogP contribution in [0.3, 0.4) is 0 Å². The van der Waals surface area contributed by atoms with E-state index in [0.29, 0.717) is 11.1 Å². The Morgan fingerprint density at radius 2 is 1.84 bits per heavy atom. The van der Waals surface area contributed by atoms with Crippen LogP contribution >= 0.6 is 0 Å². The molecule has 25 heavy (non-hydrogen) atoms. The summed E-state index contributed by atoms with van der Waals surface area (Å²) in [6, 6.07) is 17.6. The van der Waals surface area contributed by atoms with Crippen molar-refractivity contribution in [1.82, 2.24) is 4.98 Å². The quantitative estimate of drug-likeness (QED) is 0.708. The maximum atomic E-state index is 10.8. The van der Waals surface area contributed by atoms with Gasteiger partial charge < -0.3 is 10.7 Å². The summed E-state index contributed by atoms with van der Waals surface area (Å²) in [5.74, 6) is -0.425. The number of nitrogens with one attached hydrogen (secondary N) is 1. The van der Waals surface area contributed by atoms with Gasteiger partial charge in [-0.15, -0.1) is 0 Å². The molecule has 0 unspecified atom stereocenters. The Labute approximate surface area is 147 Å². The Kier molecular flexibility index (Phi) is 4.33. The van der Waals surface area contributed by atoms with E-state index in [4.69, 9.17) is 11.0 Å². The van der Waals surface area contributed by atoms with Crippen molar-refractivity contribution in [2.45, 2.75) is 26.7 Å². The molecule has 0 saturated heterocycles. The molecule has 3 aromatic rings. The number of benzene rings is 2. The van der Waals surface area contributed by atoms with Crippen molar-refractivity contribution >= 4 is 16.8 Å². The monoisotopic (exact) mass is 331 g/mol. The fourth-order valence-corrected chi connectivity index (χ4v) is 3.33. The SMILES string of the molecule is CC1(C)Cc2ccc(C#N)cc2C1.NC(=O)c1cc2ccccc2[nH]1. The molecule has 0 radical (unpaired) electrons. The third kappa shape index (κ3) is 3.72. The number of carbonyl (C=O) groups excluding carboxylic acids is 1. The molecule has 1 heterocycles. The van der Waals surface area contributed by atoms with Crippen LogP contribution in [0.5, 0.6) is 0 Å². The molecule has 0 saturated carbocycles. The average molecular weight is 331 g/mol. The molecule has 0 bridgehead atoms. The Balaban J connectivity index is 0.000000146. The summed E-state index contributed by atoms with van der Waals surface area (Å²) in [6.45, 7) is 4.55. The zero-order valence-corrected chi connectivity index (χ0v) is 14.5. The van der Waals surface area contributed by atoms with Crippen LogP contribution in [0.25, 0.3) is 10.9 Å². The van der Waals surface area contributed by atoms with Crippen molar-refractivity contribution in [3.05, 3.63) is 70.9 Å². The number of para-hydroxylation sites is 1. The molecule has 0 atom stereocenters. The molecular weight excluding hydrogens is 310 g/mol. The van der Waals surface area contributed by atoms with Crippen molar-refractivity contribution in [1.29, 1.82) is 5.26 Å². The molecule has 0 aliphatic heterocycles. The van der Waals surface area contributed by atoms with Crippen LogP contribution < -0.4 is 5.73 Å². The van der Waals surface area contributed by atoms with Crippen molar-refractivity contribution < 1.29 is 4.79 Å². The van der Waals surface area contributed by atoms with Gasteiger partial charge in [0.2, 0.25) is 0 Å². The van der Waals surface area contributed by atoms with Crippen molar-refractivity contribution in [2.75, 3.05) is 0 Å². The molecule has 2 aromatic carbocycles. The minimum atomic E-state index is -0.425. The van der Waals surface area contributed by atoms with E-state index in [1.165, 1.54) is 11.1 Å². The highest BCUT2D eigenvalue weighted by atomic mass is 16.1. The van der Waals surface area contributed by atoms with E-state index in [9.17, 15) is 4.79 Å². The maximum absolute atomic E-state index is 10.8. The highest BCUT2D eigenvalue weighted by Crippen LogP contribution is 2.36. The van der Waals surface area contributed by atoms with Crippen molar-refractivity contribution in [2.24, 2.45) is 11.1 Å². The third-order valence-corrected chi connectivity index (χ3v) is 4.47. The second-order valence-corrected chi connectivity index (χ2v) is 7.25. The number of nitrogens with two attached hydrogens (primary N) is 1.